The Kier molecular flexibility index (Phi) is 7.60. The molecule has 1 aromatic heterocycles. The largest absolute Gasteiger partial charge is 0.435 e. The van der Waals surface area contributed by atoms with Gasteiger partial charge in [-0.05, 0) is 12.5 Å². The van der Waals surface area contributed by atoms with Crippen LogP contribution in [-0.4, -0.2) is 84.4 Å². The molecule has 1 fully saturated rings. The number of piperazine rings is 1. The van der Waals surface area contributed by atoms with Gasteiger partial charge in [0.1, 0.15) is 6.54 Å². The number of carbonyl (C=O) groups excluding carboxylic acids is 2. The molecule has 152 valence electrons. The first-order chi connectivity index (χ1) is 12.8. The van der Waals surface area contributed by atoms with E-state index >= 15 is 0 Å². The van der Waals surface area contributed by atoms with E-state index in [4.69, 9.17) is 4.74 Å². The fourth-order valence-electron chi connectivity index (χ4n) is 2.70. The molecule has 1 aliphatic heterocycles. The van der Waals surface area contributed by atoms with Gasteiger partial charge in [0, 0.05) is 52.6 Å². The molecule has 2 rings (SSSR count). The fourth-order valence-corrected chi connectivity index (χ4v) is 2.70. The predicted octanol–water partition coefficient (Wildman–Crippen LogP) is 0.199. The molecule has 0 aliphatic carbocycles. The molecule has 0 bridgehead atoms. The van der Waals surface area contributed by atoms with Crippen molar-refractivity contribution in [2.24, 2.45) is 0 Å². The van der Waals surface area contributed by atoms with Gasteiger partial charge in [0.05, 0.1) is 6.54 Å². The van der Waals surface area contributed by atoms with E-state index in [0.717, 1.165) is 23.4 Å². The summed E-state index contributed by atoms with van der Waals surface area (Å²) in [4.78, 5) is 27.6. The average molecular weight is 391 g/mol. The molecule has 0 saturated carbocycles. The summed E-state index contributed by atoms with van der Waals surface area (Å²) >= 11 is 0. The van der Waals surface area contributed by atoms with E-state index in [9.17, 15) is 22.8 Å². The van der Waals surface area contributed by atoms with Crippen LogP contribution in [0.1, 0.15) is 12.1 Å². The second-order valence-corrected chi connectivity index (χ2v) is 6.25. The zero-order valence-electron chi connectivity index (χ0n) is 15.2. The summed E-state index contributed by atoms with van der Waals surface area (Å²) in [6, 6.07) is 0.844. The van der Waals surface area contributed by atoms with Crippen molar-refractivity contribution < 1.29 is 27.5 Å². The van der Waals surface area contributed by atoms with E-state index in [2.05, 4.69) is 10.4 Å². The summed E-state index contributed by atoms with van der Waals surface area (Å²) in [5, 5.41) is 6.19. The molecule has 0 aromatic carbocycles. The van der Waals surface area contributed by atoms with Gasteiger partial charge in [-0.3, -0.25) is 19.2 Å². The zero-order valence-corrected chi connectivity index (χ0v) is 15.2. The number of methoxy groups -OCH3 is 1. The summed E-state index contributed by atoms with van der Waals surface area (Å²) < 4.78 is 43.5. The summed E-state index contributed by atoms with van der Waals surface area (Å²) in [6.45, 7) is 3.05. The molecule has 0 atom stereocenters. The number of carbonyl (C=O) groups is 2. The van der Waals surface area contributed by atoms with Gasteiger partial charge < -0.3 is 15.0 Å². The Morgan fingerprint density at radius 1 is 1.22 bits per heavy atom. The molecule has 2 amide bonds. The first-order valence-corrected chi connectivity index (χ1v) is 8.66. The lowest BCUT2D eigenvalue weighted by molar-refractivity contribution is -0.142. The van der Waals surface area contributed by atoms with Crippen molar-refractivity contribution in [3.8, 4) is 0 Å². The third kappa shape index (κ3) is 6.83. The molecule has 1 saturated heterocycles. The number of aromatic nitrogens is 2. The number of nitrogens with zero attached hydrogens (tertiary/aromatic N) is 4. The SMILES string of the molecule is COCCCNC(=O)CN1CCN(C(=O)Cn2ccc(C(F)(F)F)n2)CC1. The molecular weight excluding hydrogens is 367 g/mol. The Balaban J connectivity index is 1.71. The molecule has 0 radical (unpaired) electrons. The molecule has 0 spiro atoms. The first-order valence-electron chi connectivity index (χ1n) is 8.66. The van der Waals surface area contributed by atoms with Gasteiger partial charge in [-0.25, -0.2) is 0 Å². The smallest absolute Gasteiger partial charge is 0.385 e. The maximum atomic E-state index is 12.5. The van der Waals surface area contributed by atoms with Crippen LogP contribution in [0.3, 0.4) is 0 Å². The Labute approximate surface area is 155 Å². The topological polar surface area (TPSA) is 79.7 Å². The monoisotopic (exact) mass is 391 g/mol. The van der Waals surface area contributed by atoms with Crippen molar-refractivity contribution in [3.05, 3.63) is 18.0 Å². The minimum Gasteiger partial charge on any atom is -0.385 e. The van der Waals surface area contributed by atoms with Gasteiger partial charge in [0.2, 0.25) is 11.8 Å². The van der Waals surface area contributed by atoms with E-state index in [0.29, 0.717) is 39.3 Å². The van der Waals surface area contributed by atoms with E-state index in [1.54, 1.807) is 12.0 Å². The first kappa shape index (κ1) is 21.2. The number of hydrogen-bond donors (Lipinski definition) is 1. The third-order valence-electron chi connectivity index (χ3n) is 4.17. The van der Waals surface area contributed by atoms with Crippen molar-refractivity contribution >= 4 is 11.8 Å². The standard InChI is InChI=1S/C16H24F3N5O3/c1-27-10-2-4-20-14(25)11-22-6-8-23(9-7-22)15(26)12-24-5-3-13(21-24)16(17,18)19/h3,5H,2,4,6-12H2,1H3,(H,20,25). The minimum absolute atomic E-state index is 0.0814. The lowest BCUT2D eigenvalue weighted by Crippen LogP contribution is -2.51. The molecule has 1 aromatic rings. The van der Waals surface area contributed by atoms with Crippen molar-refractivity contribution in [3.63, 3.8) is 0 Å². The lowest BCUT2D eigenvalue weighted by atomic mass is 10.3. The normalized spacial score (nSPS) is 15.8. The van der Waals surface area contributed by atoms with Crippen molar-refractivity contribution in [1.82, 2.24) is 24.9 Å². The Bertz CT molecular complexity index is 627. The van der Waals surface area contributed by atoms with Gasteiger partial charge in [-0.1, -0.05) is 0 Å². The Morgan fingerprint density at radius 2 is 1.93 bits per heavy atom. The van der Waals surface area contributed by atoms with Crippen molar-refractivity contribution in [2.45, 2.75) is 19.1 Å². The van der Waals surface area contributed by atoms with E-state index in [-0.39, 0.29) is 24.9 Å². The van der Waals surface area contributed by atoms with Crippen LogP contribution in [0.15, 0.2) is 12.3 Å². The molecule has 2 heterocycles. The number of halogens is 3. The van der Waals surface area contributed by atoms with Gasteiger partial charge in [-0.15, -0.1) is 0 Å². The van der Waals surface area contributed by atoms with Gasteiger partial charge >= 0.3 is 6.18 Å². The quantitative estimate of drug-likeness (QED) is 0.641. The van der Waals surface area contributed by atoms with Crippen LogP contribution in [-0.2, 0) is 27.0 Å². The van der Waals surface area contributed by atoms with Crippen LogP contribution in [0, 0.1) is 0 Å². The fraction of sp³-hybridized carbons (Fsp3) is 0.688. The zero-order chi connectivity index (χ0) is 19.9. The predicted molar refractivity (Wildman–Crippen MR) is 89.8 cm³/mol. The molecule has 1 N–H and O–H groups in total. The lowest BCUT2D eigenvalue weighted by Gasteiger charge is -2.34. The van der Waals surface area contributed by atoms with E-state index < -0.39 is 11.9 Å². The summed E-state index contributed by atoms with van der Waals surface area (Å²) in [5.74, 6) is -0.377. The summed E-state index contributed by atoms with van der Waals surface area (Å²) in [7, 11) is 1.60. The van der Waals surface area contributed by atoms with Crippen molar-refractivity contribution in [2.75, 3.05) is 53.0 Å². The number of hydrogen-bond acceptors (Lipinski definition) is 5. The molecular formula is C16H24F3N5O3. The second-order valence-electron chi connectivity index (χ2n) is 6.25. The van der Waals surface area contributed by atoms with Gasteiger partial charge in [0.15, 0.2) is 5.69 Å². The van der Waals surface area contributed by atoms with Crippen LogP contribution in [0.5, 0.6) is 0 Å². The molecule has 8 nitrogen and oxygen atoms in total. The number of rotatable bonds is 8. The molecule has 0 unspecified atom stereocenters. The van der Waals surface area contributed by atoms with Crippen LogP contribution in [0.2, 0.25) is 0 Å². The molecule has 1 aliphatic rings. The molecule has 11 heteroatoms. The number of ether oxygens (including phenoxy) is 1. The highest BCUT2D eigenvalue weighted by Gasteiger charge is 2.33. The number of nitrogens with one attached hydrogen (secondary N) is 1. The van der Waals surface area contributed by atoms with Gasteiger partial charge in [-0.2, -0.15) is 18.3 Å². The van der Waals surface area contributed by atoms with Gasteiger partial charge in [0.25, 0.3) is 0 Å². The summed E-state index contributed by atoms with van der Waals surface area (Å²) in [6.07, 6.45) is -2.64. The van der Waals surface area contributed by atoms with Crippen LogP contribution in [0.25, 0.3) is 0 Å². The number of alkyl halides is 3. The summed E-state index contributed by atoms with van der Waals surface area (Å²) in [5.41, 5.74) is -1.02. The maximum Gasteiger partial charge on any atom is 0.435 e. The average Bonchev–Trinajstić information content (AvgIpc) is 3.08. The van der Waals surface area contributed by atoms with E-state index in [1.807, 2.05) is 4.90 Å². The molecule has 27 heavy (non-hydrogen) atoms. The minimum atomic E-state index is -4.52. The third-order valence-corrected chi connectivity index (χ3v) is 4.17. The highest BCUT2D eigenvalue weighted by Crippen LogP contribution is 2.27. The Hall–Kier alpha value is -2.14. The van der Waals surface area contributed by atoms with Crippen LogP contribution < -0.4 is 5.32 Å². The highest BCUT2D eigenvalue weighted by atomic mass is 19.4. The highest BCUT2D eigenvalue weighted by molar-refractivity contribution is 5.78. The van der Waals surface area contributed by atoms with Crippen molar-refractivity contribution in [1.29, 1.82) is 0 Å². The Morgan fingerprint density at radius 3 is 2.52 bits per heavy atom. The van der Waals surface area contributed by atoms with Crippen LogP contribution >= 0.6 is 0 Å². The maximum absolute atomic E-state index is 12.5. The van der Waals surface area contributed by atoms with E-state index in [1.165, 1.54) is 0 Å². The number of amides is 2. The van der Waals surface area contributed by atoms with Crippen LogP contribution in [0.4, 0.5) is 13.2 Å². The second kappa shape index (κ2) is 9.70.